The van der Waals surface area contributed by atoms with E-state index in [1.807, 2.05) is 12.1 Å². The van der Waals surface area contributed by atoms with Crippen LogP contribution in [0.4, 0.5) is 5.69 Å². The number of hydrogen-bond donors (Lipinski definition) is 0. The summed E-state index contributed by atoms with van der Waals surface area (Å²) in [5.74, 6) is 0.647. The fraction of sp³-hybridized carbons (Fsp3) is 0.316. The van der Waals surface area contributed by atoms with Gasteiger partial charge in [-0.05, 0) is 29.8 Å². The van der Waals surface area contributed by atoms with Crippen LogP contribution >= 0.6 is 0 Å². The number of nitrogens with zero attached hydrogens (tertiary/aromatic N) is 3. The van der Waals surface area contributed by atoms with E-state index < -0.39 is 14.9 Å². The summed E-state index contributed by atoms with van der Waals surface area (Å²) in [6.07, 6.45) is 0.235. The zero-order valence-electron chi connectivity index (χ0n) is 15.9. The average molecular weight is 419 g/mol. The summed E-state index contributed by atoms with van der Waals surface area (Å²) >= 11 is 0. The highest BCUT2D eigenvalue weighted by Gasteiger charge is 2.30. The van der Waals surface area contributed by atoms with Crippen molar-refractivity contribution in [3.63, 3.8) is 0 Å². The minimum Gasteiger partial charge on any atom is -0.497 e. The van der Waals surface area contributed by atoms with Gasteiger partial charge in [-0.3, -0.25) is 14.9 Å². The molecule has 1 heterocycles. The fourth-order valence-electron chi connectivity index (χ4n) is 3.10. The van der Waals surface area contributed by atoms with Gasteiger partial charge >= 0.3 is 0 Å². The predicted molar refractivity (Wildman–Crippen MR) is 105 cm³/mol. The molecular formula is C19H21N3O6S. The molecule has 0 N–H and O–H groups in total. The maximum atomic E-state index is 12.7. The van der Waals surface area contributed by atoms with Crippen molar-refractivity contribution < 1.29 is 22.9 Å². The first-order valence-corrected chi connectivity index (χ1v) is 10.4. The van der Waals surface area contributed by atoms with Gasteiger partial charge in [0.1, 0.15) is 5.75 Å². The quantitative estimate of drug-likeness (QED) is 0.520. The number of carbonyl (C=O) groups is 1. The van der Waals surface area contributed by atoms with Crippen LogP contribution in [0.5, 0.6) is 5.75 Å². The van der Waals surface area contributed by atoms with E-state index in [4.69, 9.17) is 4.74 Å². The first-order chi connectivity index (χ1) is 13.8. The van der Waals surface area contributed by atoms with Gasteiger partial charge in [-0.25, -0.2) is 8.42 Å². The van der Waals surface area contributed by atoms with Crippen molar-refractivity contribution in [2.45, 2.75) is 11.3 Å². The molecule has 0 radical (unpaired) electrons. The van der Waals surface area contributed by atoms with Crippen molar-refractivity contribution in [1.82, 2.24) is 9.21 Å². The number of piperazine rings is 1. The highest BCUT2D eigenvalue weighted by molar-refractivity contribution is 7.89. The Morgan fingerprint density at radius 1 is 1.03 bits per heavy atom. The smallest absolute Gasteiger partial charge is 0.269 e. The molecule has 0 saturated carbocycles. The zero-order valence-corrected chi connectivity index (χ0v) is 16.7. The van der Waals surface area contributed by atoms with Gasteiger partial charge < -0.3 is 9.64 Å². The lowest BCUT2D eigenvalue weighted by Gasteiger charge is -2.34. The summed E-state index contributed by atoms with van der Waals surface area (Å²) in [6, 6.07) is 12.0. The van der Waals surface area contributed by atoms with E-state index in [1.165, 1.54) is 28.6 Å². The van der Waals surface area contributed by atoms with Crippen LogP contribution in [0.25, 0.3) is 0 Å². The third-order valence-electron chi connectivity index (χ3n) is 4.79. The molecule has 9 nitrogen and oxygen atoms in total. The van der Waals surface area contributed by atoms with E-state index in [2.05, 4.69) is 0 Å². The molecule has 1 aliphatic heterocycles. The molecule has 1 amide bonds. The largest absolute Gasteiger partial charge is 0.497 e. The second-order valence-electron chi connectivity index (χ2n) is 6.56. The van der Waals surface area contributed by atoms with Gasteiger partial charge in [0, 0.05) is 38.3 Å². The van der Waals surface area contributed by atoms with Crippen molar-refractivity contribution in [1.29, 1.82) is 0 Å². The lowest BCUT2D eigenvalue weighted by molar-refractivity contribution is -0.384. The molecule has 0 unspecified atom stereocenters. The molecule has 1 fully saturated rings. The second-order valence-corrected chi connectivity index (χ2v) is 8.50. The van der Waals surface area contributed by atoms with Crippen LogP contribution in [0.1, 0.15) is 5.56 Å². The standard InChI is InChI=1S/C19H21N3O6S/c1-28-17-6-2-15(3-7-17)14-19(23)20-10-12-21(13-11-20)29(26,27)18-8-4-16(5-9-18)22(24)25/h2-9H,10-14H2,1H3. The molecule has 0 bridgehead atoms. The Labute approximate surface area is 168 Å². The van der Waals surface area contributed by atoms with E-state index in [0.717, 1.165) is 5.56 Å². The molecular weight excluding hydrogens is 398 g/mol. The number of amides is 1. The number of hydrogen-bond acceptors (Lipinski definition) is 6. The number of non-ortho nitro benzene ring substituents is 1. The first kappa shape index (κ1) is 20.7. The second kappa shape index (κ2) is 8.58. The molecule has 1 aliphatic rings. The normalized spacial score (nSPS) is 15.1. The topological polar surface area (TPSA) is 110 Å². The number of nitro groups is 1. The Morgan fingerprint density at radius 2 is 1.62 bits per heavy atom. The number of sulfonamides is 1. The molecule has 2 aromatic carbocycles. The summed E-state index contributed by atoms with van der Waals surface area (Å²) in [5, 5.41) is 10.7. The van der Waals surface area contributed by atoms with Gasteiger partial charge in [0.05, 0.1) is 23.3 Å². The van der Waals surface area contributed by atoms with Gasteiger partial charge in [0.25, 0.3) is 5.69 Å². The van der Waals surface area contributed by atoms with Gasteiger partial charge in [-0.1, -0.05) is 12.1 Å². The lowest BCUT2D eigenvalue weighted by atomic mass is 10.1. The minimum atomic E-state index is -3.76. The van der Waals surface area contributed by atoms with Crippen LogP contribution in [-0.4, -0.2) is 61.7 Å². The van der Waals surface area contributed by atoms with Crippen molar-refractivity contribution in [2.24, 2.45) is 0 Å². The molecule has 29 heavy (non-hydrogen) atoms. The maximum absolute atomic E-state index is 12.7. The number of nitro benzene ring substituents is 1. The minimum absolute atomic E-state index is 0.00103. The maximum Gasteiger partial charge on any atom is 0.269 e. The number of methoxy groups -OCH3 is 1. The fourth-order valence-corrected chi connectivity index (χ4v) is 4.52. The third-order valence-corrected chi connectivity index (χ3v) is 6.70. The molecule has 0 atom stereocenters. The van der Waals surface area contributed by atoms with Crippen molar-refractivity contribution in [2.75, 3.05) is 33.3 Å². The molecule has 154 valence electrons. The Morgan fingerprint density at radius 3 is 2.14 bits per heavy atom. The number of carbonyl (C=O) groups excluding carboxylic acids is 1. The molecule has 2 aromatic rings. The highest BCUT2D eigenvalue weighted by atomic mass is 32.2. The number of rotatable bonds is 6. The summed E-state index contributed by atoms with van der Waals surface area (Å²) in [4.78, 5) is 24.3. The monoisotopic (exact) mass is 419 g/mol. The average Bonchev–Trinajstić information content (AvgIpc) is 2.74. The van der Waals surface area contributed by atoms with Crippen molar-refractivity contribution in [3.05, 3.63) is 64.2 Å². The van der Waals surface area contributed by atoms with E-state index in [1.54, 1.807) is 24.1 Å². The van der Waals surface area contributed by atoms with E-state index in [0.29, 0.717) is 18.8 Å². The zero-order chi connectivity index (χ0) is 21.0. The lowest BCUT2D eigenvalue weighted by Crippen LogP contribution is -2.50. The molecule has 10 heteroatoms. The summed E-state index contributed by atoms with van der Waals surface area (Å²) in [7, 11) is -2.19. The summed E-state index contributed by atoms with van der Waals surface area (Å²) < 4.78 is 31.9. The van der Waals surface area contributed by atoms with Gasteiger partial charge in [0.15, 0.2) is 0 Å². The van der Waals surface area contributed by atoms with Crippen LogP contribution in [0.2, 0.25) is 0 Å². The van der Waals surface area contributed by atoms with Crippen LogP contribution in [-0.2, 0) is 21.2 Å². The van der Waals surface area contributed by atoms with Crippen LogP contribution in [0, 0.1) is 10.1 Å². The SMILES string of the molecule is COc1ccc(CC(=O)N2CCN(S(=O)(=O)c3ccc([N+](=O)[O-])cc3)CC2)cc1. The molecule has 0 spiro atoms. The first-order valence-electron chi connectivity index (χ1n) is 8.96. The summed E-state index contributed by atoms with van der Waals surface area (Å²) in [5.41, 5.74) is 0.689. The van der Waals surface area contributed by atoms with Crippen molar-refractivity contribution >= 4 is 21.6 Å². The van der Waals surface area contributed by atoms with E-state index >= 15 is 0 Å². The Balaban J connectivity index is 1.60. The number of benzene rings is 2. The van der Waals surface area contributed by atoms with E-state index in [-0.39, 0.29) is 36.0 Å². The molecule has 0 aliphatic carbocycles. The highest BCUT2D eigenvalue weighted by Crippen LogP contribution is 2.21. The molecule has 1 saturated heterocycles. The third kappa shape index (κ3) is 4.72. The van der Waals surface area contributed by atoms with Crippen LogP contribution in [0.15, 0.2) is 53.4 Å². The van der Waals surface area contributed by atoms with E-state index in [9.17, 15) is 23.3 Å². The molecule has 0 aromatic heterocycles. The Hall–Kier alpha value is -2.98. The van der Waals surface area contributed by atoms with Gasteiger partial charge in [-0.15, -0.1) is 0 Å². The Kier molecular flexibility index (Phi) is 6.14. The molecule has 3 rings (SSSR count). The van der Waals surface area contributed by atoms with Gasteiger partial charge in [-0.2, -0.15) is 4.31 Å². The Bertz CT molecular complexity index is 982. The summed E-state index contributed by atoms with van der Waals surface area (Å²) in [6.45, 7) is 0.934. The van der Waals surface area contributed by atoms with Crippen LogP contribution < -0.4 is 4.74 Å². The van der Waals surface area contributed by atoms with Gasteiger partial charge in [0.2, 0.25) is 15.9 Å². The number of ether oxygens (including phenoxy) is 1. The van der Waals surface area contributed by atoms with Crippen molar-refractivity contribution in [3.8, 4) is 5.75 Å². The van der Waals surface area contributed by atoms with Crippen LogP contribution in [0.3, 0.4) is 0 Å². The predicted octanol–water partition coefficient (Wildman–Crippen LogP) is 1.68.